The Bertz CT molecular complexity index is 684. The molecule has 0 radical (unpaired) electrons. The first kappa shape index (κ1) is 14.9. The number of hydrogen-bond donors (Lipinski definition) is 3. The lowest BCUT2D eigenvalue weighted by atomic mass is 10.2. The molecule has 0 atom stereocenters. The molecule has 0 bridgehead atoms. The SMILES string of the molecule is CC(=O)Nc1ccc(Sc2ccc(N)c(C(=O)O)c2)cc1. The Morgan fingerprint density at radius 3 is 2.29 bits per heavy atom. The average Bonchev–Trinajstić information content (AvgIpc) is 2.42. The number of nitrogens with two attached hydrogens (primary N) is 1. The molecule has 108 valence electrons. The maximum atomic E-state index is 11.0. The van der Waals surface area contributed by atoms with Gasteiger partial charge in [0.25, 0.3) is 0 Å². The molecule has 0 unspecified atom stereocenters. The molecule has 0 saturated carbocycles. The van der Waals surface area contributed by atoms with Gasteiger partial charge in [-0.15, -0.1) is 0 Å². The Morgan fingerprint density at radius 2 is 1.71 bits per heavy atom. The van der Waals surface area contributed by atoms with E-state index in [0.29, 0.717) is 0 Å². The van der Waals surface area contributed by atoms with Crippen molar-refractivity contribution in [3.63, 3.8) is 0 Å². The molecule has 0 fully saturated rings. The van der Waals surface area contributed by atoms with Crippen LogP contribution in [0.25, 0.3) is 0 Å². The number of anilines is 2. The molecule has 0 aromatic heterocycles. The van der Waals surface area contributed by atoms with Crippen molar-refractivity contribution in [2.45, 2.75) is 16.7 Å². The number of carboxylic acid groups (broad SMARTS) is 1. The van der Waals surface area contributed by atoms with Gasteiger partial charge in [0, 0.05) is 28.1 Å². The zero-order valence-corrected chi connectivity index (χ0v) is 12.1. The van der Waals surface area contributed by atoms with Crippen molar-refractivity contribution in [1.82, 2.24) is 0 Å². The highest BCUT2D eigenvalue weighted by Gasteiger charge is 2.09. The quantitative estimate of drug-likeness (QED) is 0.755. The first-order valence-electron chi connectivity index (χ1n) is 6.14. The minimum absolute atomic E-state index is 0.0925. The molecule has 5 nitrogen and oxygen atoms in total. The lowest BCUT2D eigenvalue weighted by molar-refractivity contribution is -0.114. The number of rotatable bonds is 4. The van der Waals surface area contributed by atoms with Crippen molar-refractivity contribution >= 4 is 35.0 Å². The number of benzene rings is 2. The third-order valence-corrected chi connectivity index (χ3v) is 3.66. The highest BCUT2D eigenvalue weighted by molar-refractivity contribution is 7.99. The second-order valence-electron chi connectivity index (χ2n) is 4.36. The van der Waals surface area contributed by atoms with Gasteiger partial charge >= 0.3 is 5.97 Å². The van der Waals surface area contributed by atoms with Crippen molar-refractivity contribution < 1.29 is 14.7 Å². The van der Waals surface area contributed by atoms with Crippen molar-refractivity contribution in [2.24, 2.45) is 0 Å². The summed E-state index contributed by atoms with van der Waals surface area (Å²) in [6, 6.07) is 12.2. The highest BCUT2D eigenvalue weighted by atomic mass is 32.2. The molecule has 0 aliphatic heterocycles. The molecule has 4 N–H and O–H groups in total. The number of carbonyl (C=O) groups excluding carboxylic acids is 1. The van der Waals surface area contributed by atoms with Crippen molar-refractivity contribution in [3.8, 4) is 0 Å². The number of aromatic carboxylic acids is 1. The summed E-state index contributed by atoms with van der Waals surface area (Å²) >= 11 is 1.42. The topological polar surface area (TPSA) is 92.4 Å². The van der Waals surface area contributed by atoms with Crippen molar-refractivity contribution in [2.75, 3.05) is 11.1 Å². The number of carbonyl (C=O) groups is 2. The normalized spacial score (nSPS) is 10.1. The zero-order chi connectivity index (χ0) is 15.4. The highest BCUT2D eigenvalue weighted by Crippen LogP contribution is 2.30. The van der Waals surface area contributed by atoms with Crippen molar-refractivity contribution in [1.29, 1.82) is 0 Å². The first-order valence-corrected chi connectivity index (χ1v) is 6.95. The monoisotopic (exact) mass is 302 g/mol. The van der Waals surface area contributed by atoms with E-state index < -0.39 is 5.97 Å². The van der Waals surface area contributed by atoms with Gasteiger partial charge in [0.15, 0.2) is 0 Å². The standard InChI is InChI=1S/C15H14N2O3S/c1-9(18)17-10-2-4-11(5-3-10)21-12-6-7-14(16)13(8-12)15(19)20/h2-8H,16H2,1H3,(H,17,18)(H,19,20). The van der Waals surface area contributed by atoms with E-state index in [0.717, 1.165) is 15.5 Å². The van der Waals surface area contributed by atoms with Crippen LogP contribution in [0.4, 0.5) is 11.4 Å². The molecule has 2 aromatic rings. The molecule has 1 amide bonds. The smallest absolute Gasteiger partial charge is 0.337 e. The van der Waals surface area contributed by atoms with Gasteiger partial charge < -0.3 is 16.2 Å². The van der Waals surface area contributed by atoms with Gasteiger partial charge in [0.1, 0.15) is 0 Å². The van der Waals surface area contributed by atoms with Crippen LogP contribution in [-0.4, -0.2) is 17.0 Å². The molecule has 0 heterocycles. The van der Waals surface area contributed by atoms with Gasteiger partial charge in [-0.05, 0) is 42.5 Å². The van der Waals surface area contributed by atoms with E-state index >= 15 is 0 Å². The number of amides is 1. The van der Waals surface area contributed by atoms with Gasteiger partial charge in [-0.25, -0.2) is 4.79 Å². The van der Waals surface area contributed by atoms with E-state index in [9.17, 15) is 9.59 Å². The Kier molecular flexibility index (Phi) is 4.49. The summed E-state index contributed by atoms with van der Waals surface area (Å²) in [6.45, 7) is 1.45. The van der Waals surface area contributed by atoms with Gasteiger partial charge in [-0.1, -0.05) is 11.8 Å². The summed E-state index contributed by atoms with van der Waals surface area (Å²) in [6.07, 6.45) is 0. The lowest BCUT2D eigenvalue weighted by Crippen LogP contribution is -2.05. The molecule has 0 aliphatic rings. The summed E-state index contributed by atoms with van der Waals surface area (Å²) < 4.78 is 0. The maximum Gasteiger partial charge on any atom is 0.337 e. The van der Waals surface area contributed by atoms with Crippen LogP contribution in [0, 0.1) is 0 Å². The van der Waals surface area contributed by atoms with Gasteiger partial charge in [0.2, 0.25) is 5.91 Å². The third-order valence-electron chi connectivity index (χ3n) is 2.67. The van der Waals surface area contributed by atoms with Crippen LogP contribution in [-0.2, 0) is 4.79 Å². The predicted octanol–water partition coefficient (Wildman–Crippen LogP) is 3.08. The summed E-state index contributed by atoms with van der Waals surface area (Å²) in [5.41, 5.74) is 6.67. The number of nitrogen functional groups attached to an aromatic ring is 1. The number of nitrogens with one attached hydrogen (secondary N) is 1. The fraction of sp³-hybridized carbons (Fsp3) is 0.0667. The van der Waals surface area contributed by atoms with Crippen LogP contribution in [0.2, 0.25) is 0 Å². The Hall–Kier alpha value is -2.47. The van der Waals surface area contributed by atoms with Crippen LogP contribution >= 0.6 is 11.8 Å². The Balaban J connectivity index is 2.16. The van der Waals surface area contributed by atoms with Gasteiger partial charge in [-0.3, -0.25) is 4.79 Å². The fourth-order valence-corrected chi connectivity index (χ4v) is 2.59. The van der Waals surface area contributed by atoms with Gasteiger partial charge in [-0.2, -0.15) is 0 Å². The fourth-order valence-electron chi connectivity index (χ4n) is 1.73. The molecule has 0 saturated heterocycles. The number of carboxylic acids is 1. The third kappa shape index (κ3) is 4.00. The second kappa shape index (κ2) is 6.32. The van der Waals surface area contributed by atoms with Crippen LogP contribution in [0.15, 0.2) is 52.3 Å². The molecule has 21 heavy (non-hydrogen) atoms. The molecule has 6 heteroatoms. The summed E-state index contributed by atoms with van der Waals surface area (Å²) in [4.78, 5) is 23.7. The van der Waals surface area contributed by atoms with Gasteiger partial charge in [0.05, 0.1) is 5.56 Å². The second-order valence-corrected chi connectivity index (χ2v) is 5.51. The van der Waals surface area contributed by atoms with E-state index in [1.54, 1.807) is 30.3 Å². The van der Waals surface area contributed by atoms with E-state index in [2.05, 4.69) is 5.32 Å². The summed E-state index contributed by atoms with van der Waals surface area (Å²) in [5, 5.41) is 11.7. The maximum absolute atomic E-state index is 11.0. The minimum Gasteiger partial charge on any atom is -0.478 e. The largest absolute Gasteiger partial charge is 0.478 e. The predicted molar refractivity (Wildman–Crippen MR) is 82.7 cm³/mol. The molecule has 0 spiro atoms. The van der Waals surface area contributed by atoms with Crippen LogP contribution in [0.3, 0.4) is 0 Å². The Labute approximate surface area is 126 Å². The van der Waals surface area contributed by atoms with E-state index in [1.165, 1.54) is 18.7 Å². The molecule has 0 aliphatic carbocycles. The summed E-state index contributed by atoms with van der Waals surface area (Å²) in [7, 11) is 0. The first-order chi connectivity index (χ1) is 9.95. The molecular weight excluding hydrogens is 288 g/mol. The lowest BCUT2D eigenvalue weighted by Gasteiger charge is -2.07. The molecule has 2 aromatic carbocycles. The molecular formula is C15H14N2O3S. The van der Waals surface area contributed by atoms with Crippen LogP contribution in [0.1, 0.15) is 17.3 Å². The van der Waals surface area contributed by atoms with E-state index in [1.807, 2.05) is 12.1 Å². The number of hydrogen-bond acceptors (Lipinski definition) is 4. The zero-order valence-electron chi connectivity index (χ0n) is 11.3. The van der Waals surface area contributed by atoms with Crippen LogP contribution < -0.4 is 11.1 Å². The summed E-state index contributed by atoms with van der Waals surface area (Å²) in [5.74, 6) is -1.17. The Morgan fingerprint density at radius 1 is 1.10 bits per heavy atom. The molecule has 2 rings (SSSR count). The van der Waals surface area contributed by atoms with Crippen LogP contribution in [0.5, 0.6) is 0 Å². The average molecular weight is 302 g/mol. The van der Waals surface area contributed by atoms with Crippen molar-refractivity contribution in [3.05, 3.63) is 48.0 Å². The van der Waals surface area contributed by atoms with E-state index in [4.69, 9.17) is 10.8 Å². The van der Waals surface area contributed by atoms with E-state index in [-0.39, 0.29) is 17.2 Å². The minimum atomic E-state index is -1.05.